The van der Waals surface area contributed by atoms with Crippen molar-refractivity contribution in [1.29, 1.82) is 0 Å². The predicted molar refractivity (Wildman–Crippen MR) is 171 cm³/mol. The second kappa shape index (κ2) is 35.9. The monoisotopic (exact) mass is 591 g/mol. The number of unbranched alkanes of at least 4 members (excludes halogenated alkanes) is 15. The summed E-state index contributed by atoms with van der Waals surface area (Å²) < 4.78 is 16.5. The third-order valence-corrected chi connectivity index (χ3v) is 7.64. The van der Waals surface area contributed by atoms with Crippen LogP contribution in [0.4, 0.5) is 0 Å². The summed E-state index contributed by atoms with van der Waals surface area (Å²) in [6.07, 6.45) is 23.3. The minimum absolute atomic E-state index is 0.0479. The first-order valence-corrected chi connectivity index (χ1v) is 17.3. The molecular formula is C33H70N2O6. The SMILES string of the molecule is CCCCCCCCCCCCCCCCCCN(CCCN(CCOCCO)CCOCCO)CCOCCO. The van der Waals surface area contributed by atoms with Gasteiger partial charge in [0.1, 0.15) is 0 Å². The van der Waals surface area contributed by atoms with Crippen molar-refractivity contribution >= 4 is 0 Å². The third-order valence-electron chi connectivity index (χ3n) is 7.64. The lowest BCUT2D eigenvalue weighted by Crippen LogP contribution is -2.36. The summed E-state index contributed by atoms with van der Waals surface area (Å²) in [5.74, 6) is 0. The van der Waals surface area contributed by atoms with Gasteiger partial charge in [0.15, 0.2) is 0 Å². The number of ether oxygens (including phenoxy) is 3. The van der Waals surface area contributed by atoms with Gasteiger partial charge in [0.05, 0.1) is 59.5 Å². The van der Waals surface area contributed by atoms with Gasteiger partial charge in [0.25, 0.3) is 0 Å². The number of rotatable bonds is 36. The Labute approximate surface area is 254 Å². The van der Waals surface area contributed by atoms with Gasteiger partial charge in [-0.15, -0.1) is 0 Å². The Morgan fingerprint density at radius 1 is 0.341 bits per heavy atom. The zero-order valence-electron chi connectivity index (χ0n) is 27.1. The maximum atomic E-state index is 9.01. The van der Waals surface area contributed by atoms with Gasteiger partial charge in [0.2, 0.25) is 0 Å². The van der Waals surface area contributed by atoms with Gasteiger partial charge in [-0.1, -0.05) is 103 Å². The molecular weight excluding hydrogens is 520 g/mol. The van der Waals surface area contributed by atoms with Crippen molar-refractivity contribution < 1.29 is 29.5 Å². The van der Waals surface area contributed by atoms with E-state index in [1.165, 1.54) is 103 Å². The lowest BCUT2D eigenvalue weighted by atomic mass is 10.0. The van der Waals surface area contributed by atoms with E-state index < -0.39 is 0 Å². The molecule has 0 atom stereocenters. The number of hydrogen-bond acceptors (Lipinski definition) is 8. The fourth-order valence-electron chi connectivity index (χ4n) is 5.15. The van der Waals surface area contributed by atoms with Crippen molar-refractivity contribution in [3.05, 3.63) is 0 Å². The average molecular weight is 591 g/mol. The Balaban J connectivity index is 4.03. The van der Waals surface area contributed by atoms with Gasteiger partial charge < -0.3 is 34.4 Å². The Morgan fingerprint density at radius 2 is 0.634 bits per heavy atom. The van der Waals surface area contributed by atoms with Gasteiger partial charge in [0, 0.05) is 19.6 Å². The molecule has 0 spiro atoms. The van der Waals surface area contributed by atoms with E-state index in [2.05, 4.69) is 16.7 Å². The fraction of sp³-hybridized carbons (Fsp3) is 1.00. The topological polar surface area (TPSA) is 94.9 Å². The van der Waals surface area contributed by atoms with Crippen LogP contribution < -0.4 is 0 Å². The molecule has 0 aliphatic carbocycles. The molecule has 0 unspecified atom stereocenters. The highest BCUT2D eigenvalue weighted by molar-refractivity contribution is 4.63. The summed E-state index contributed by atoms with van der Waals surface area (Å²) in [6.45, 7) is 11.0. The number of aliphatic hydroxyl groups is 3. The zero-order chi connectivity index (χ0) is 29.9. The summed E-state index contributed by atoms with van der Waals surface area (Å²) in [5.41, 5.74) is 0. The minimum atomic E-state index is 0.0479. The van der Waals surface area contributed by atoms with Crippen molar-refractivity contribution in [2.24, 2.45) is 0 Å². The third kappa shape index (κ3) is 32.4. The molecule has 8 nitrogen and oxygen atoms in total. The van der Waals surface area contributed by atoms with Crippen molar-refractivity contribution in [3.8, 4) is 0 Å². The molecule has 0 amide bonds. The van der Waals surface area contributed by atoms with Gasteiger partial charge in [-0.3, -0.25) is 4.90 Å². The molecule has 0 heterocycles. The normalized spacial score (nSPS) is 11.9. The summed E-state index contributed by atoms with van der Waals surface area (Å²) >= 11 is 0. The Bertz CT molecular complexity index is 463. The molecule has 0 radical (unpaired) electrons. The van der Waals surface area contributed by atoms with Crippen LogP contribution in [0, 0.1) is 0 Å². The second-order valence-electron chi connectivity index (χ2n) is 11.3. The van der Waals surface area contributed by atoms with Gasteiger partial charge in [-0.05, 0) is 32.5 Å². The van der Waals surface area contributed by atoms with E-state index in [0.29, 0.717) is 39.6 Å². The Hall–Kier alpha value is -0.320. The molecule has 0 bridgehead atoms. The summed E-state index contributed by atoms with van der Waals surface area (Å²) in [4.78, 5) is 4.84. The molecule has 0 fully saturated rings. The smallest absolute Gasteiger partial charge is 0.0698 e. The van der Waals surface area contributed by atoms with Crippen LogP contribution in [0.1, 0.15) is 116 Å². The van der Waals surface area contributed by atoms with E-state index in [4.69, 9.17) is 29.5 Å². The van der Waals surface area contributed by atoms with Crippen molar-refractivity contribution in [3.63, 3.8) is 0 Å². The molecule has 248 valence electrons. The summed E-state index contributed by atoms with van der Waals surface area (Å²) in [7, 11) is 0. The van der Waals surface area contributed by atoms with Crippen LogP contribution in [-0.4, -0.2) is 124 Å². The van der Waals surface area contributed by atoms with E-state index in [0.717, 1.165) is 45.7 Å². The summed E-state index contributed by atoms with van der Waals surface area (Å²) in [5, 5.41) is 26.9. The van der Waals surface area contributed by atoms with Gasteiger partial charge in [-0.25, -0.2) is 0 Å². The first-order chi connectivity index (χ1) is 20.3. The van der Waals surface area contributed by atoms with Crippen LogP contribution in [0.3, 0.4) is 0 Å². The van der Waals surface area contributed by atoms with Crippen LogP contribution in [0.2, 0.25) is 0 Å². The van der Waals surface area contributed by atoms with E-state index in [1.807, 2.05) is 0 Å². The maximum Gasteiger partial charge on any atom is 0.0698 e. The molecule has 0 aromatic rings. The van der Waals surface area contributed by atoms with Crippen LogP contribution in [0.5, 0.6) is 0 Å². The Kier molecular flexibility index (Phi) is 35.6. The van der Waals surface area contributed by atoms with Crippen molar-refractivity contribution in [2.75, 3.05) is 98.7 Å². The fourth-order valence-corrected chi connectivity index (χ4v) is 5.15. The molecule has 41 heavy (non-hydrogen) atoms. The number of hydrogen-bond donors (Lipinski definition) is 3. The second-order valence-corrected chi connectivity index (χ2v) is 11.3. The van der Waals surface area contributed by atoms with E-state index in [1.54, 1.807) is 0 Å². The molecule has 0 saturated carbocycles. The van der Waals surface area contributed by atoms with E-state index >= 15 is 0 Å². The highest BCUT2D eigenvalue weighted by Gasteiger charge is 2.09. The number of nitrogens with zero attached hydrogens (tertiary/aromatic N) is 2. The molecule has 0 rings (SSSR count). The van der Waals surface area contributed by atoms with Crippen LogP contribution >= 0.6 is 0 Å². The highest BCUT2D eigenvalue weighted by atomic mass is 16.5. The molecule has 0 aliphatic rings. The number of aliphatic hydroxyl groups excluding tert-OH is 3. The predicted octanol–water partition coefficient (Wildman–Crippen LogP) is 5.27. The highest BCUT2D eigenvalue weighted by Crippen LogP contribution is 2.14. The maximum absolute atomic E-state index is 9.01. The quantitative estimate of drug-likeness (QED) is 0.0850. The first-order valence-electron chi connectivity index (χ1n) is 17.3. The largest absolute Gasteiger partial charge is 0.394 e. The minimum Gasteiger partial charge on any atom is -0.394 e. The van der Waals surface area contributed by atoms with Gasteiger partial charge in [-0.2, -0.15) is 0 Å². The van der Waals surface area contributed by atoms with Crippen molar-refractivity contribution in [2.45, 2.75) is 116 Å². The molecule has 0 aromatic heterocycles. The summed E-state index contributed by atoms with van der Waals surface area (Å²) in [6, 6.07) is 0. The van der Waals surface area contributed by atoms with Crippen LogP contribution in [-0.2, 0) is 14.2 Å². The molecule has 0 saturated heterocycles. The lowest BCUT2D eigenvalue weighted by molar-refractivity contribution is 0.0483. The molecule has 0 aromatic carbocycles. The van der Waals surface area contributed by atoms with Crippen LogP contribution in [0.25, 0.3) is 0 Å². The first kappa shape index (κ1) is 40.7. The average Bonchev–Trinajstić information content (AvgIpc) is 2.98. The van der Waals surface area contributed by atoms with E-state index in [9.17, 15) is 0 Å². The Morgan fingerprint density at radius 3 is 0.976 bits per heavy atom. The zero-order valence-corrected chi connectivity index (χ0v) is 27.1. The van der Waals surface area contributed by atoms with Crippen LogP contribution in [0.15, 0.2) is 0 Å². The van der Waals surface area contributed by atoms with Gasteiger partial charge >= 0.3 is 0 Å². The lowest BCUT2D eigenvalue weighted by Gasteiger charge is -2.26. The molecule has 0 aliphatic heterocycles. The molecule has 8 heteroatoms. The van der Waals surface area contributed by atoms with E-state index in [-0.39, 0.29) is 19.8 Å². The molecule has 3 N–H and O–H groups in total. The standard InChI is InChI=1S/C33H70N2O6/c1-2-3-4-5-6-7-8-9-10-11-12-13-14-15-16-17-19-34(22-28-39-31-25-36)20-18-21-35(23-29-40-32-26-37)24-30-41-33-27-38/h36-38H,2-33H2,1H3. The van der Waals surface area contributed by atoms with Crippen molar-refractivity contribution in [1.82, 2.24) is 9.80 Å².